The third kappa shape index (κ3) is 59300. The van der Waals surface area contributed by atoms with E-state index in [9.17, 15) is 0 Å². The second-order valence-corrected chi connectivity index (χ2v) is 3.57. The van der Waals surface area contributed by atoms with E-state index in [2.05, 4.69) is 13.5 Å². The topological polar surface area (TPSA) is 60.7 Å². The van der Waals surface area contributed by atoms with E-state index in [-0.39, 0.29) is 40.0 Å². The summed E-state index contributed by atoms with van der Waals surface area (Å²) in [6, 6.07) is 0. The first-order valence-electron chi connectivity index (χ1n) is 5.06. The first-order valence-corrected chi connectivity index (χ1v) is 5.06. The minimum absolute atomic E-state index is 0. The maximum atomic E-state index is 8.06. The van der Waals surface area contributed by atoms with Gasteiger partial charge in [-0.15, -0.1) is 0 Å². The number of aliphatic hydroxyl groups is 3. The number of hydrogen-bond acceptors (Lipinski definition) is 3. The SMILES string of the molecule is C=C[CH2-].CC(C)O.CC(C)O.CC(C)O.[Ti]. The molecule has 0 bridgehead atoms. The van der Waals surface area contributed by atoms with Crippen LogP contribution in [0.15, 0.2) is 12.7 Å². The molecule has 0 rings (SSSR count). The van der Waals surface area contributed by atoms with Gasteiger partial charge in [0.25, 0.3) is 0 Å². The molecule has 0 aromatic rings. The van der Waals surface area contributed by atoms with E-state index in [4.69, 9.17) is 15.3 Å². The van der Waals surface area contributed by atoms with E-state index >= 15 is 0 Å². The van der Waals surface area contributed by atoms with Crippen molar-refractivity contribution in [3.63, 3.8) is 0 Å². The van der Waals surface area contributed by atoms with E-state index < -0.39 is 0 Å². The van der Waals surface area contributed by atoms with Gasteiger partial charge in [0.1, 0.15) is 0 Å². The Labute approximate surface area is 116 Å². The summed E-state index contributed by atoms with van der Waals surface area (Å²) in [5.74, 6) is 0. The van der Waals surface area contributed by atoms with Crippen LogP contribution in [-0.2, 0) is 21.7 Å². The van der Waals surface area contributed by atoms with Gasteiger partial charge in [-0.2, -0.15) is 0 Å². The smallest absolute Gasteiger partial charge is 0.0483 e. The summed E-state index contributed by atoms with van der Waals surface area (Å²) >= 11 is 0. The zero-order valence-corrected chi connectivity index (χ0v) is 13.1. The van der Waals surface area contributed by atoms with Gasteiger partial charge in [-0.1, -0.05) is 0 Å². The summed E-state index contributed by atoms with van der Waals surface area (Å²) in [4.78, 5) is 0. The fraction of sp³-hybridized carbons (Fsp3) is 0.750. The van der Waals surface area contributed by atoms with Gasteiger partial charge in [0.05, 0.1) is 0 Å². The van der Waals surface area contributed by atoms with Gasteiger partial charge in [-0.05, 0) is 41.5 Å². The van der Waals surface area contributed by atoms with Crippen LogP contribution in [0, 0.1) is 6.92 Å². The summed E-state index contributed by atoms with van der Waals surface area (Å²) < 4.78 is 0. The standard InChI is InChI=1S/3C3H8O.C3H5.Ti/c3*1-3(2)4;1-3-2;/h3*3-4H,1-2H3;3H,1-2H2;/q;;;-1;. The van der Waals surface area contributed by atoms with E-state index in [1.54, 1.807) is 41.5 Å². The van der Waals surface area contributed by atoms with E-state index in [0.29, 0.717) is 0 Å². The molecule has 0 aromatic carbocycles. The number of allylic oxidation sites excluding steroid dienone is 1. The molecule has 100 valence electrons. The monoisotopic (exact) mass is 269 g/mol. The normalized spacial score (nSPS) is 7.50. The molecule has 0 spiro atoms. The van der Waals surface area contributed by atoms with Crippen molar-refractivity contribution in [1.82, 2.24) is 0 Å². The predicted octanol–water partition coefficient (Wildman–Crippen LogP) is 2.17. The Kier molecular flexibility index (Phi) is 54.9. The van der Waals surface area contributed by atoms with Crippen molar-refractivity contribution >= 4 is 0 Å². The second kappa shape index (κ2) is 29.5. The van der Waals surface area contributed by atoms with Crippen LogP contribution in [-0.4, -0.2) is 33.6 Å². The van der Waals surface area contributed by atoms with Gasteiger partial charge in [0.2, 0.25) is 0 Å². The van der Waals surface area contributed by atoms with Crippen molar-refractivity contribution in [3.05, 3.63) is 19.6 Å². The summed E-state index contributed by atoms with van der Waals surface area (Å²) in [5, 5.41) is 24.2. The van der Waals surface area contributed by atoms with Crippen LogP contribution in [0.3, 0.4) is 0 Å². The molecule has 0 atom stereocenters. The van der Waals surface area contributed by atoms with Crippen LogP contribution in [0.25, 0.3) is 0 Å². The van der Waals surface area contributed by atoms with Crippen LogP contribution >= 0.6 is 0 Å². The molecule has 0 saturated heterocycles. The van der Waals surface area contributed by atoms with Crippen molar-refractivity contribution in [2.45, 2.75) is 59.9 Å². The molecule has 0 unspecified atom stereocenters. The molecule has 0 aliphatic carbocycles. The van der Waals surface area contributed by atoms with Crippen LogP contribution in [0.2, 0.25) is 0 Å². The molecule has 0 aliphatic rings. The molecule has 0 aromatic heterocycles. The Hall–Kier alpha value is 0.204. The molecule has 0 radical (unpaired) electrons. The van der Waals surface area contributed by atoms with Gasteiger partial charge in [-0.25, -0.2) is 19.6 Å². The maximum Gasteiger partial charge on any atom is 0.0483 e. The van der Waals surface area contributed by atoms with Crippen LogP contribution < -0.4 is 0 Å². The largest absolute Gasteiger partial charge is 0.394 e. The van der Waals surface area contributed by atoms with E-state index in [1.165, 1.54) is 6.08 Å². The molecular formula is C12H29O3Ti-. The summed E-state index contributed by atoms with van der Waals surface area (Å²) in [7, 11) is 0. The van der Waals surface area contributed by atoms with Crippen molar-refractivity contribution in [2.75, 3.05) is 0 Å². The summed E-state index contributed by atoms with van der Waals surface area (Å²) in [6.07, 6.45) is 1.000. The first-order chi connectivity index (χ1) is 6.61. The van der Waals surface area contributed by atoms with Crippen LogP contribution in [0.4, 0.5) is 0 Å². The third-order valence-electron chi connectivity index (χ3n) is 0. The van der Waals surface area contributed by atoms with Gasteiger partial charge >= 0.3 is 0 Å². The Bertz CT molecular complexity index is 71.7. The van der Waals surface area contributed by atoms with E-state index in [0.717, 1.165) is 0 Å². The van der Waals surface area contributed by atoms with E-state index in [1.807, 2.05) is 0 Å². The molecule has 0 aliphatic heterocycles. The second-order valence-electron chi connectivity index (χ2n) is 3.57. The number of hydrogen-bond donors (Lipinski definition) is 3. The molecule has 4 heteroatoms. The summed E-state index contributed by atoms with van der Waals surface area (Å²) in [6.45, 7) is 16.8. The van der Waals surface area contributed by atoms with Gasteiger partial charge in [0.15, 0.2) is 0 Å². The minimum Gasteiger partial charge on any atom is -0.394 e. The van der Waals surface area contributed by atoms with Gasteiger partial charge in [0, 0.05) is 40.0 Å². The molecule has 0 saturated carbocycles. The number of aliphatic hydroxyl groups excluding tert-OH is 3. The van der Waals surface area contributed by atoms with Gasteiger partial charge < -0.3 is 15.3 Å². The zero-order valence-electron chi connectivity index (χ0n) is 11.6. The predicted molar refractivity (Wildman–Crippen MR) is 67.6 cm³/mol. The molecule has 3 N–H and O–H groups in total. The molecular weight excluding hydrogens is 240 g/mol. The Morgan fingerprint density at radius 1 is 0.812 bits per heavy atom. The zero-order chi connectivity index (χ0) is 13.4. The molecule has 0 amide bonds. The minimum atomic E-state index is -0.167. The Morgan fingerprint density at radius 3 is 0.812 bits per heavy atom. The molecule has 16 heavy (non-hydrogen) atoms. The Morgan fingerprint density at radius 2 is 0.812 bits per heavy atom. The molecule has 0 fully saturated rings. The van der Waals surface area contributed by atoms with Crippen molar-refractivity contribution in [1.29, 1.82) is 0 Å². The van der Waals surface area contributed by atoms with Crippen molar-refractivity contribution < 1.29 is 37.0 Å². The van der Waals surface area contributed by atoms with Crippen molar-refractivity contribution in [3.8, 4) is 0 Å². The maximum absolute atomic E-state index is 8.06. The summed E-state index contributed by atoms with van der Waals surface area (Å²) in [5.41, 5.74) is 0. The molecule has 0 heterocycles. The van der Waals surface area contributed by atoms with Crippen LogP contribution in [0.1, 0.15) is 41.5 Å². The quantitative estimate of drug-likeness (QED) is 0.466. The van der Waals surface area contributed by atoms with Crippen LogP contribution in [0.5, 0.6) is 0 Å². The fourth-order valence-electron chi connectivity index (χ4n) is 0. The average Bonchev–Trinajstić information content (AvgIpc) is 1.81. The first kappa shape index (κ1) is 29.8. The third-order valence-corrected chi connectivity index (χ3v) is 0. The number of rotatable bonds is 0. The molecule has 3 nitrogen and oxygen atoms in total. The Balaban J connectivity index is -0.0000000331. The average molecular weight is 269 g/mol. The van der Waals surface area contributed by atoms with Crippen molar-refractivity contribution in [2.24, 2.45) is 0 Å². The fourth-order valence-corrected chi connectivity index (χ4v) is 0. The van der Waals surface area contributed by atoms with Gasteiger partial charge in [-0.3, -0.25) is 0 Å².